The number of benzene rings is 2. The van der Waals surface area contributed by atoms with E-state index >= 15 is 0 Å². The van der Waals surface area contributed by atoms with Crippen LogP contribution in [0, 0.1) is 27.7 Å². The van der Waals surface area contributed by atoms with Crippen LogP contribution in [0.1, 0.15) is 47.6 Å². The first-order chi connectivity index (χ1) is 14.6. The molecule has 5 nitrogen and oxygen atoms in total. The molecule has 1 unspecified atom stereocenters. The maximum Gasteiger partial charge on any atom is 0.250 e. The average Bonchev–Trinajstić information content (AvgIpc) is 2.70. The molecule has 0 fully saturated rings. The third-order valence-corrected chi connectivity index (χ3v) is 6.51. The second kappa shape index (κ2) is 10.3. The molecule has 3 N–H and O–H groups in total. The smallest absolute Gasteiger partial charge is 0.250 e. The first-order valence-corrected chi connectivity index (χ1v) is 11.0. The third kappa shape index (κ3) is 5.28. The average molecular weight is 444 g/mol. The van der Waals surface area contributed by atoms with Crippen molar-refractivity contribution in [2.24, 2.45) is 5.73 Å². The van der Waals surface area contributed by atoms with E-state index in [0.717, 1.165) is 33.5 Å². The zero-order valence-corrected chi connectivity index (χ0v) is 20.2. The molecule has 0 aromatic heterocycles. The molecule has 0 radical (unpaired) electrons. The van der Waals surface area contributed by atoms with E-state index < -0.39 is 5.54 Å². The van der Waals surface area contributed by atoms with Crippen molar-refractivity contribution in [2.75, 3.05) is 18.9 Å². The van der Waals surface area contributed by atoms with Gasteiger partial charge in [0.05, 0.1) is 6.42 Å². The molecule has 0 bridgehead atoms. The highest BCUT2D eigenvalue weighted by molar-refractivity contribution is 6.30. The minimum atomic E-state index is -1.03. The molecule has 0 spiro atoms. The van der Waals surface area contributed by atoms with Gasteiger partial charge in [0.15, 0.2) is 0 Å². The number of nitrogens with one attached hydrogen (secondary N) is 1. The molecule has 0 saturated heterocycles. The van der Waals surface area contributed by atoms with Crippen molar-refractivity contribution >= 4 is 29.1 Å². The quantitative estimate of drug-likeness (QED) is 0.620. The van der Waals surface area contributed by atoms with Gasteiger partial charge in [0, 0.05) is 17.8 Å². The number of likely N-dealkylation sites (N-methyl/N-ethyl adjacent to an activating group) is 1. The number of para-hydroxylation sites is 1. The van der Waals surface area contributed by atoms with Crippen LogP contribution in [0.2, 0.25) is 5.02 Å². The van der Waals surface area contributed by atoms with Crippen LogP contribution < -0.4 is 11.1 Å². The molecule has 31 heavy (non-hydrogen) atoms. The number of carbonyl (C=O) groups is 2. The summed E-state index contributed by atoms with van der Waals surface area (Å²) in [6, 6.07) is 9.59. The van der Waals surface area contributed by atoms with Crippen LogP contribution >= 0.6 is 11.6 Å². The van der Waals surface area contributed by atoms with Crippen molar-refractivity contribution in [1.29, 1.82) is 0 Å². The van der Waals surface area contributed by atoms with Crippen molar-refractivity contribution in [2.45, 2.75) is 59.4 Å². The molecule has 0 aliphatic carbocycles. The number of rotatable bonds is 8. The predicted molar refractivity (Wildman–Crippen MR) is 129 cm³/mol. The zero-order chi connectivity index (χ0) is 23.3. The van der Waals surface area contributed by atoms with Gasteiger partial charge in [-0.15, -0.1) is 0 Å². The minimum Gasteiger partial charge on any atom is -0.331 e. The maximum absolute atomic E-state index is 13.6. The van der Waals surface area contributed by atoms with Crippen molar-refractivity contribution < 1.29 is 9.59 Å². The molecular formula is C25H34ClN3O2. The van der Waals surface area contributed by atoms with Gasteiger partial charge in [0.2, 0.25) is 11.8 Å². The lowest BCUT2D eigenvalue weighted by Crippen LogP contribution is -2.58. The van der Waals surface area contributed by atoms with E-state index in [-0.39, 0.29) is 18.2 Å². The van der Waals surface area contributed by atoms with Gasteiger partial charge < -0.3 is 16.0 Å². The van der Waals surface area contributed by atoms with Gasteiger partial charge in [-0.3, -0.25) is 9.59 Å². The van der Waals surface area contributed by atoms with Gasteiger partial charge >= 0.3 is 0 Å². The minimum absolute atomic E-state index is 0.125. The van der Waals surface area contributed by atoms with E-state index in [2.05, 4.69) is 5.32 Å². The second-order valence-electron chi connectivity index (χ2n) is 8.29. The second-order valence-corrected chi connectivity index (χ2v) is 8.73. The fraction of sp³-hybridized carbons (Fsp3) is 0.440. The fourth-order valence-corrected chi connectivity index (χ4v) is 4.54. The van der Waals surface area contributed by atoms with Gasteiger partial charge in [0.1, 0.15) is 5.54 Å². The molecule has 0 saturated carbocycles. The Labute approximate surface area is 191 Å². The monoisotopic (exact) mass is 443 g/mol. The molecule has 0 aliphatic heterocycles. The Kier molecular flexibility index (Phi) is 8.27. The predicted octanol–water partition coefficient (Wildman–Crippen LogP) is 4.71. The molecule has 2 rings (SSSR count). The lowest BCUT2D eigenvalue weighted by atomic mass is 9.87. The van der Waals surface area contributed by atoms with Crippen molar-refractivity contribution in [3.8, 4) is 0 Å². The maximum atomic E-state index is 13.6. The van der Waals surface area contributed by atoms with Gasteiger partial charge in [0.25, 0.3) is 0 Å². The van der Waals surface area contributed by atoms with Crippen LogP contribution in [0.3, 0.4) is 0 Å². The lowest BCUT2D eigenvalue weighted by molar-refractivity contribution is -0.143. The van der Waals surface area contributed by atoms with Crippen molar-refractivity contribution in [1.82, 2.24) is 4.90 Å². The molecule has 1 atom stereocenters. The number of carbonyl (C=O) groups excluding carboxylic acids is 2. The molecule has 2 aromatic carbocycles. The largest absolute Gasteiger partial charge is 0.331 e. The van der Waals surface area contributed by atoms with Crippen molar-refractivity contribution in [3.05, 3.63) is 63.2 Å². The van der Waals surface area contributed by atoms with Crippen LogP contribution in [0.4, 0.5) is 5.69 Å². The Morgan fingerprint density at radius 1 is 1.06 bits per heavy atom. The van der Waals surface area contributed by atoms with Gasteiger partial charge in [-0.25, -0.2) is 0 Å². The van der Waals surface area contributed by atoms with E-state index in [4.69, 9.17) is 17.3 Å². The number of anilines is 1. The number of hydrogen-bond donors (Lipinski definition) is 2. The highest BCUT2D eigenvalue weighted by Gasteiger charge is 2.42. The molecular weight excluding hydrogens is 410 g/mol. The lowest BCUT2D eigenvalue weighted by Gasteiger charge is -2.40. The summed E-state index contributed by atoms with van der Waals surface area (Å²) in [5.41, 5.74) is 10.5. The highest BCUT2D eigenvalue weighted by atomic mass is 35.5. The molecule has 2 aromatic rings. The highest BCUT2D eigenvalue weighted by Crippen LogP contribution is 2.29. The van der Waals surface area contributed by atoms with Gasteiger partial charge in [-0.05, 0) is 87.0 Å². The SMILES string of the molecule is CCC(CCN)(C(=O)Nc1c(C)cccc1C)N(C)C(=O)Cc1c(C)cc(Cl)cc1C. The van der Waals surface area contributed by atoms with E-state index in [1.165, 1.54) is 0 Å². The van der Waals surface area contributed by atoms with Crippen LogP contribution in [0.5, 0.6) is 0 Å². The Bertz CT molecular complexity index is 930. The van der Waals surface area contributed by atoms with E-state index in [0.29, 0.717) is 24.4 Å². The normalized spacial score (nSPS) is 12.9. The number of amides is 2. The number of halogens is 1. The standard InChI is InChI=1S/C25H34ClN3O2/c1-7-25(11-12-27,24(31)28-23-16(2)9-8-10-17(23)3)29(6)22(30)15-21-18(4)13-20(26)14-19(21)5/h8-10,13-14H,7,11-12,15,27H2,1-6H3,(H,28,31). The first kappa shape index (κ1) is 24.9. The summed E-state index contributed by atoms with van der Waals surface area (Å²) in [6.07, 6.45) is 1.04. The molecule has 0 aliphatic rings. The summed E-state index contributed by atoms with van der Waals surface area (Å²) < 4.78 is 0. The third-order valence-electron chi connectivity index (χ3n) is 6.29. The van der Waals surface area contributed by atoms with E-state index in [1.807, 2.05) is 65.0 Å². The number of aryl methyl sites for hydroxylation is 4. The van der Waals surface area contributed by atoms with Crippen LogP contribution in [-0.2, 0) is 16.0 Å². The molecule has 6 heteroatoms. The van der Waals surface area contributed by atoms with E-state index in [1.54, 1.807) is 11.9 Å². The van der Waals surface area contributed by atoms with Crippen LogP contribution in [0.15, 0.2) is 30.3 Å². The fourth-order valence-electron chi connectivity index (χ4n) is 4.22. The Morgan fingerprint density at radius 3 is 2.10 bits per heavy atom. The summed E-state index contributed by atoms with van der Waals surface area (Å²) in [4.78, 5) is 28.5. The summed E-state index contributed by atoms with van der Waals surface area (Å²) in [6.45, 7) is 10.0. The molecule has 168 valence electrons. The van der Waals surface area contributed by atoms with Crippen LogP contribution in [-0.4, -0.2) is 35.8 Å². The Hall–Kier alpha value is -2.37. The number of nitrogens with two attached hydrogens (primary N) is 1. The topological polar surface area (TPSA) is 75.4 Å². The summed E-state index contributed by atoms with van der Waals surface area (Å²) in [5.74, 6) is -0.335. The Morgan fingerprint density at radius 2 is 1.61 bits per heavy atom. The first-order valence-electron chi connectivity index (χ1n) is 10.7. The number of hydrogen-bond acceptors (Lipinski definition) is 3. The van der Waals surface area contributed by atoms with Crippen LogP contribution in [0.25, 0.3) is 0 Å². The molecule has 0 heterocycles. The zero-order valence-electron chi connectivity index (χ0n) is 19.4. The van der Waals surface area contributed by atoms with Gasteiger partial charge in [-0.2, -0.15) is 0 Å². The summed E-state index contributed by atoms with van der Waals surface area (Å²) >= 11 is 6.14. The summed E-state index contributed by atoms with van der Waals surface area (Å²) in [7, 11) is 1.70. The summed E-state index contributed by atoms with van der Waals surface area (Å²) in [5, 5.41) is 3.73. The molecule has 2 amide bonds. The van der Waals surface area contributed by atoms with Crippen molar-refractivity contribution in [3.63, 3.8) is 0 Å². The van der Waals surface area contributed by atoms with E-state index in [9.17, 15) is 9.59 Å². The number of nitrogens with zero attached hydrogens (tertiary/aromatic N) is 1. The van der Waals surface area contributed by atoms with Gasteiger partial charge in [-0.1, -0.05) is 36.7 Å². The Balaban J connectivity index is 2.37.